The lowest BCUT2D eigenvalue weighted by atomic mass is 9.92. The number of fused-ring (bicyclic) bond motifs is 1. The maximum atomic E-state index is 11.9. The number of rotatable bonds is 3. The topological polar surface area (TPSA) is 59.2 Å². The zero-order valence-corrected chi connectivity index (χ0v) is 11.1. The number of primary amides is 1. The van der Waals surface area contributed by atoms with Gasteiger partial charge in [0.25, 0.3) is 0 Å². The van der Waals surface area contributed by atoms with E-state index in [9.17, 15) is 4.79 Å². The van der Waals surface area contributed by atoms with E-state index in [0.29, 0.717) is 6.54 Å². The normalized spacial score (nSPS) is 18.5. The molecule has 0 fully saturated rings. The van der Waals surface area contributed by atoms with E-state index in [-0.39, 0.29) is 11.9 Å². The van der Waals surface area contributed by atoms with Gasteiger partial charge >= 0.3 is 0 Å². The van der Waals surface area contributed by atoms with Crippen LogP contribution in [0, 0.1) is 6.07 Å². The number of aromatic nitrogens is 1. The molecule has 1 atom stereocenters. The molecule has 0 saturated carbocycles. The fourth-order valence-corrected chi connectivity index (χ4v) is 2.75. The number of carbonyl (C=O) groups excluding carboxylic acids is 1. The number of amides is 1. The standard InChI is InChI=1S/C16H16N3O/c17-16(20)15-14-7-2-1-5-12(14)8-10-19(15)11-13-6-3-4-9-18-13/h2-7,9,15H,8,10-11H2,(H2,17,20). The van der Waals surface area contributed by atoms with E-state index < -0.39 is 0 Å². The van der Waals surface area contributed by atoms with Crippen LogP contribution >= 0.6 is 0 Å². The molecule has 4 heteroatoms. The Morgan fingerprint density at radius 1 is 1.45 bits per heavy atom. The van der Waals surface area contributed by atoms with Crippen molar-refractivity contribution in [3.63, 3.8) is 0 Å². The molecule has 3 rings (SSSR count). The smallest absolute Gasteiger partial charge is 0.239 e. The van der Waals surface area contributed by atoms with Crippen molar-refractivity contribution in [1.82, 2.24) is 9.88 Å². The monoisotopic (exact) mass is 266 g/mol. The summed E-state index contributed by atoms with van der Waals surface area (Å²) in [6.45, 7) is 1.43. The van der Waals surface area contributed by atoms with Crippen molar-refractivity contribution in [2.45, 2.75) is 19.0 Å². The van der Waals surface area contributed by atoms with E-state index >= 15 is 0 Å². The number of hydrogen-bond acceptors (Lipinski definition) is 3. The second-order valence-electron chi connectivity index (χ2n) is 4.97. The van der Waals surface area contributed by atoms with Crippen LogP contribution in [0.4, 0.5) is 0 Å². The molecule has 1 amide bonds. The summed E-state index contributed by atoms with van der Waals surface area (Å²) in [6, 6.07) is 14.2. The maximum absolute atomic E-state index is 11.9. The molecule has 1 aromatic carbocycles. The van der Waals surface area contributed by atoms with E-state index in [1.165, 1.54) is 0 Å². The minimum atomic E-state index is -0.379. The molecule has 1 aliphatic rings. The van der Waals surface area contributed by atoms with E-state index in [4.69, 9.17) is 5.73 Å². The summed E-state index contributed by atoms with van der Waals surface area (Å²) in [6.07, 6.45) is 2.67. The lowest BCUT2D eigenvalue weighted by molar-refractivity contribution is -0.124. The molecule has 0 saturated heterocycles. The Morgan fingerprint density at radius 2 is 2.35 bits per heavy atom. The molecular weight excluding hydrogens is 250 g/mol. The Kier molecular flexibility index (Phi) is 3.48. The molecule has 101 valence electrons. The summed E-state index contributed by atoms with van der Waals surface area (Å²) < 4.78 is 0. The van der Waals surface area contributed by atoms with Gasteiger partial charge in [-0.1, -0.05) is 24.3 Å². The van der Waals surface area contributed by atoms with Crippen LogP contribution in [-0.4, -0.2) is 22.3 Å². The third-order valence-corrected chi connectivity index (χ3v) is 3.68. The van der Waals surface area contributed by atoms with E-state index in [1.54, 1.807) is 6.20 Å². The molecule has 1 aromatic heterocycles. The number of nitrogens with zero attached hydrogens (tertiary/aromatic N) is 2. The zero-order valence-electron chi connectivity index (χ0n) is 11.1. The van der Waals surface area contributed by atoms with Crippen LogP contribution in [0.3, 0.4) is 0 Å². The average molecular weight is 266 g/mol. The second-order valence-corrected chi connectivity index (χ2v) is 4.97. The Hall–Kier alpha value is -2.20. The van der Waals surface area contributed by atoms with Crippen molar-refractivity contribution in [3.8, 4) is 0 Å². The van der Waals surface area contributed by atoms with Gasteiger partial charge in [-0.3, -0.25) is 14.7 Å². The summed E-state index contributed by atoms with van der Waals surface area (Å²) in [5.41, 5.74) is 8.72. The molecule has 2 aromatic rings. The molecule has 1 aliphatic heterocycles. The number of hydrogen-bond donors (Lipinski definition) is 1. The third kappa shape index (κ3) is 2.42. The molecule has 4 nitrogen and oxygen atoms in total. The first-order valence-corrected chi connectivity index (χ1v) is 6.68. The van der Waals surface area contributed by atoms with Crippen LogP contribution in [0.5, 0.6) is 0 Å². The first-order valence-electron chi connectivity index (χ1n) is 6.68. The average Bonchev–Trinajstić information content (AvgIpc) is 2.47. The van der Waals surface area contributed by atoms with E-state index in [1.807, 2.05) is 36.4 Å². The molecule has 0 spiro atoms. The molecule has 0 bridgehead atoms. The van der Waals surface area contributed by atoms with Crippen molar-refractivity contribution < 1.29 is 4.79 Å². The van der Waals surface area contributed by atoms with Gasteiger partial charge in [0, 0.05) is 19.3 Å². The van der Waals surface area contributed by atoms with Crippen LogP contribution in [0.25, 0.3) is 0 Å². The molecule has 1 radical (unpaired) electrons. The van der Waals surface area contributed by atoms with E-state index in [2.05, 4.69) is 16.0 Å². The number of benzene rings is 1. The van der Waals surface area contributed by atoms with Crippen molar-refractivity contribution in [3.05, 3.63) is 65.5 Å². The molecular formula is C16H16N3O. The summed E-state index contributed by atoms with van der Waals surface area (Å²) >= 11 is 0. The van der Waals surface area contributed by atoms with Gasteiger partial charge in [-0.05, 0) is 35.7 Å². The maximum Gasteiger partial charge on any atom is 0.239 e. The number of carbonyl (C=O) groups is 1. The van der Waals surface area contributed by atoms with Gasteiger partial charge in [-0.15, -0.1) is 0 Å². The molecule has 1 unspecified atom stereocenters. The van der Waals surface area contributed by atoms with Crippen LogP contribution in [0.15, 0.2) is 42.6 Å². The van der Waals surface area contributed by atoms with Gasteiger partial charge in [0.05, 0.1) is 5.69 Å². The first-order chi connectivity index (χ1) is 9.75. The Balaban J connectivity index is 1.91. The number of nitrogens with two attached hydrogens (primary N) is 1. The Bertz CT molecular complexity index is 612. The third-order valence-electron chi connectivity index (χ3n) is 3.68. The van der Waals surface area contributed by atoms with Gasteiger partial charge in [0.15, 0.2) is 0 Å². The molecule has 2 N–H and O–H groups in total. The Labute approximate surface area is 118 Å². The van der Waals surface area contributed by atoms with Crippen LogP contribution in [0.2, 0.25) is 0 Å². The van der Waals surface area contributed by atoms with Crippen molar-refractivity contribution in [2.24, 2.45) is 5.73 Å². The lowest BCUT2D eigenvalue weighted by Crippen LogP contribution is -2.42. The minimum absolute atomic E-state index is 0.312. The fraction of sp³-hybridized carbons (Fsp3) is 0.250. The largest absolute Gasteiger partial charge is 0.368 e. The minimum Gasteiger partial charge on any atom is -0.368 e. The SMILES string of the molecule is NC(=O)C1c2cc[c]cc2CCN1Cc1ccccn1. The van der Waals surface area contributed by atoms with Gasteiger partial charge in [-0.2, -0.15) is 0 Å². The number of pyridine rings is 1. The first kappa shape index (κ1) is 12.8. The fourth-order valence-electron chi connectivity index (χ4n) is 2.75. The summed E-state index contributed by atoms with van der Waals surface area (Å²) in [4.78, 5) is 18.3. The quantitative estimate of drug-likeness (QED) is 0.915. The highest BCUT2D eigenvalue weighted by molar-refractivity contribution is 5.82. The van der Waals surface area contributed by atoms with Crippen molar-refractivity contribution >= 4 is 5.91 Å². The predicted molar refractivity (Wildman–Crippen MR) is 75.6 cm³/mol. The van der Waals surface area contributed by atoms with E-state index in [0.717, 1.165) is 29.8 Å². The highest BCUT2D eigenvalue weighted by atomic mass is 16.1. The van der Waals surface area contributed by atoms with Crippen molar-refractivity contribution in [1.29, 1.82) is 0 Å². The Morgan fingerprint density at radius 3 is 3.10 bits per heavy atom. The molecule has 20 heavy (non-hydrogen) atoms. The van der Waals surface area contributed by atoms with Crippen molar-refractivity contribution in [2.75, 3.05) is 6.54 Å². The highest BCUT2D eigenvalue weighted by Gasteiger charge is 2.31. The second kappa shape index (κ2) is 5.43. The van der Waals surface area contributed by atoms with Crippen LogP contribution in [-0.2, 0) is 17.8 Å². The van der Waals surface area contributed by atoms with Gasteiger partial charge < -0.3 is 5.73 Å². The summed E-state index contributed by atoms with van der Waals surface area (Å²) in [7, 11) is 0. The van der Waals surface area contributed by atoms with Gasteiger partial charge in [0.2, 0.25) is 5.91 Å². The molecule has 2 heterocycles. The zero-order chi connectivity index (χ0) is 13.9. The predicted octanol–water partition coefficient (Wildman–Crippen LogP) is 1.47. The molecule has 0 aliphatic carbocycles. The highest BCUT2D eigenvalue weighted by Crippen LogP contribution is 2.30. The van der Waals surface area contributed by atoms with Crippen LogP contribution < -0.4 is 5.73 Å². The van der Waals surface area contributed by atoms with Gasteiger partial charge in [-0.25, -0.2) is 0 Å². The van der Waals surface area contributed by atoms with Gasteiger partial charge in [0.1, 0.15) is 6.04 Å². The summed E-state index contributed by atoms with van der Waals surface area (Å²) in [5.74, 6) is -0.312. The lowest BCUT2D eigenvalue weighted by Gasteiger charge is -2.35. The summed E-state index contributed by atoms with van der Waals surface area (Å²) in [5, 5.41) is 0. The van der Waals surface area contributed by atoms with Crippen LogP contribution in [0.1, 0.15) is 22.9 Å².